The standard InChI is InChI=1S/C15H9ClFNO2/c1-7(19)18-14-6-12-10(5-13(14)16)9-3-2-8(17)4-11(9)15(12)20/h2-6H,1H3,(H,18,19). The van der Waals surface area contributed by atoms with Crippen LogP contribution in [0.3, 0.4) is 0 Å². The molecule has 1 N–H and O–H groups in total. The van der Waals surface area contributed by atoms with Crippen LogP contribution in [-0.2, 0) is 4.79 Å². The van der Waals surface area contributed by atoms with Gasteiger partial charge in [0.25, 0.3) is 0 Å². The van der Waals surface area contributed by atoms with E-state index < -0.39 is 5.82 Å². The summed E-state index contributed by atoms with van der Waals surface area (Å²) in [6.07, 6.45) is 0. The molecule has 5 heteroatoms. The fraction of sp³-hybridized carbons (Fsp3) is 0.0667. The molecule has 0 fully saturated rings. The van der Waals surface area contributed by atoms with Crippen LogP contribution in [0, 0.1) is 5.82 Å². The third kappa shape index (κ3) is 1.89. The zero-order valence-corrected chi connectivity index (χ0v) is 11.2. The Bertz CT molecular complexity index is 771. The van der Waals surface area contributed by atoms with Crippen molar-refractivity contribution in [3.8, 4) is 11.1 Å². The Morgan fingerprint density at radius 2 is 1.80 bits per heavy atom. The summed E-state index contributed by atoms with van der Waals surface area (Å²) in [5.41, 5.74) is 2.42. The Morgan fingerprint density at radius 1 is 1.10 bits per heavy atom. The molecule has 0 radical (unpaired) electrons. The zero-order chi connectivity index (χ0) is 14.4. The number of carbonyl (C=O) groups excluding carboxylic acids is 2. The summed E-state index contributed by atoms with van der Waals surface area (Å²) in [6.45, 7) is 1.36. The van der Waals surface area contributed by atoms with Crippen molar-refractivity contribution in [2.24, 2.45) is 0 Å². The number of rotatable bonds is 1. The predicted molar refractivity (Wildman–Crippen MR) is 74.6 cm³/mol. The van der Waals surface area contributed by atoms with E-state index in [2.05, 4.69) is 5.32 Å². The summed E-state index contributed by atoms with van der Waals surface area (Å²) in [5.74, 6) is -1.00. The Hall–Kier alpha value is -2.20. The molecule has 0 saturated carbocycles. The lowest BCUT2D eigenvalue weighted by molar-refractivity contribution is -0.114. The molecular formula is C15H9ClFNO2. The van der Waals surface area contributed by atoms with E-state index >= 15 is 0 Å². The van der Waals surface area contributed by atoms with E-state index in [4.69, 9.17) is 11.6 Å². The minimum absolute atomic E-state index is 0.266. The number of hydrogen-bond donors (Lipinski definition) is 1. The average molecular weight is 290 g/mol. The van der Waals surface area contributed by atoms with Gasteiger partial charge in [-0.1, -0.05) is 17.7 Å². The molecule has 0 aromatic heterocycles. The highest BCUT2D eigenvalue weighted by molar-refractivity contribution is 6.35. The minimum atomic E-state index is -0.460. The molecule has 0 atom stereocenters. The smallest absolute Gasteiger partial charge is 0.221 e. The molecule has 1 aliphatic carbocycles. The number of benzene rings is 2. The second-order valence-corrected chi connectivity index (χ2v) is 4.99. The highest BCUT2D eigenvalue weighted by Gasteiger charge is 2.28. The fourth-order valence-electron chi connectivity index (χ4n) is 2.35. The molecule has 3 nitrogen and oxygen atoms in total. The number of hydrogen-bond acceptors (Lipinski definition) is 2. The summed E-state index contributed by atoms with van der Waals surface area (Å²) in [6, 6.07) is 7.21. The third-order valence-electron chi connectivity index (χ3n) is 3.18. The maximum absolute atomic E-state index is 13.3. The molecule has 0 unspecified atom stereocenters. The van der Waals surface area contributed by atoms with E-state index in [0.29, 0.717) is 33.0 Å². The van der Waals surface area contributed by atoms with Gasteiger partial charge >= 0.3 is 0 Å². The number of amides is 1. The number of carbonyl (C=O) groups is 2. The van der Waals surface area contributed by atoms with Crippen molar-refractivity contribution in [2.45, 2.75) is 6.92 Å². The molecule has 2 aromatic carbocycles. The SMILES string of the molecule is CC(=O)Nc1cc2c(cc1Cl)-c1ccc(F)cc1C2=O. The predicted octanol–water partition coefficient (Wildman–Crippen LogP) is 3.65. The molecule has 0 aliphatic heterocycles. The van der Waals surface area contributed by atoms with E-state index in [1.54, 1.807) is 12.1 Å². The molecule has 0 spiro atoms. The van der Waals surface area contributed by atoms with Crippen molar-refractivity contribution in [1.29, 1.82) is 0 Å². The van der Waals surface area contributed by atoms with Gasteiger partial charge in [0.1, 0.15) is 5.82 Å². The molecule has 0 heterocycles. The summed E-state index contributed by atoms with van der Waals surface area (Å²) >= 11 is 6.10. The van der Waals surface area contributed by atoms with Crippen molar-refractivity contribution < 1.29 is 14.0 Å². The first-order chi connectivity index (χ1) is 9.47. The lowest BCUT2D eigenvalue weighted by Crippen LogP contribution is -2.07. The average Bonchev–Trinajstić information content (AvgIpc) is 2.63. The Kier molecular flexibility index (Phi) is 2.83. The normalized spacial score (nSPS) is 12.1. The number of anilines is 1. The van der Waals surface area contributed by atoms with E-state index in [-0.39, 0.29) is 11.7 Å². The van der Waals surface area contributed by atoms with Gasteiger partial charge in [0.15, 0.2) is 5.78 Å². The molecular weight excluding hydrogens is 281 g/mol. The first-order valence-corrected chi connectivity index (χ1v) is 6.31. The Labute approximate surface area is 119 Å². The highest BCUT2D eigenvalue weighted by atomic mass is 35.5. The lowest BCUT2D eigenvalue weighted by atomic mass is 10.1. The van der Waals surface area contributed by atoms with Gasteiger partial charge in [0.2, 0.25) is 5.91 Å². The van der Waals surface area contributed by atoms with Crippen LogP contribution < -0.4 is 5.32 Å². The van der Waals surface area contributed by atoms with Gasteiger partial charge in [-0.25, -0.2) is 4.39 Å². The first-order valence-electron chi connectivity index (χ1n) is 5.93. The van der Waals surface area contributed by atoms with E-state index in [9.17, 15) is 14.0 Å². The second-order valence-electron chi connectivity index (χ2n) is 4.58. The Balaban J connectivity index is 2.20. The third-order valence-corrected chi connectivity index (χ3v) is 3.49. The van der Waals surface area contributed by atoms with E-state index in [1.807, 2.05) is 0 Å². The molecule has 2 aromatic rings. The van der Waals surface area contributed by atoms with Gasteiger partial charge in [0, 0.05) is 18.1 Å². The summed E-state index contributed by atoms with van der Waals surface area (Å²) < 4.78 is 13.3. The number of nitrogens with one attached hydrogen (secondary N) is 1. The van der Waals surface area contributed by atoms with Crippen molar-refractivity contribution in [1.82, 2.24) is 0 Å². The number of fused-ring (bicyclic) bond motifs is 3. The molecule has 20 heavy (non-hydrogen) atoms. The number of ketones is 1. The van der Waals surface area contributed by atoms with Crippen LogP contribution >= 0.6 is 11.6 Å². The molecule has 1 aliphatic rings. The lowest BCUT2D eigenvalue weighted by Gasteiger charge is -2.07. The van der Waals surface area contributed by atoms with Crippen LogP contribution in [0.1, 0.15) is 22.8 Å². The van der Waals surface area contributed by atoms with Crippen LogP contribution in [0.4, 0.5) is 10.1 Å². The summed E-state index contributed by atoms with van der Waals surface area (Å²) in [5, 5.41) is 2.90. The van der Waals surface area contributed by atoms with Crippen LogP contribution in [0.15, 0.2) is 30.3 Å². The number of halogens is 2. The van der Waals surface area contributed by atoms with Crippen molar-refractivity contribution >= 4 is 29.0 Å². The fourth-order valence-corrected chi connectivity index (χ4v) is 2.56. The molecule has 3 rings (SSSR count). The van der Waals surface area contributed by atoms with E-state index in [1.165, 1.54) is 25.1 Å². The maximum atomic E-state index is 13.3. The van der Waals surface area contributed by atoms with Gasteiger partial charge in [0.05, 0.1) is 10.7 Å². The van der Waals surface area contributed by atoms with Crippen LogP contribution in [0.2, 0.25) is 5.02 Å². The topological polar surface area (TPSA) is 46.2 Å². The molecule has 0 saturated heterocycles. The minimum Gasteiger partial charge on any atom is -0.325 e. The second kappa shape index (κ2) is 4.42. The quantitative estimate of drug-likeness (QED) is 0.743. The molecule has 1 amide bonds. The van der Waals surface area contributed by atoms with Gasteiger partial charge in [-0.3, -0.25) is 9.59 Å². The molecule has 100 valence electrons. The largest absolute Gasteiger partial charge is 0.325 e. The van der Waals surface area contributed by atoms with Gasteiger partial charge in [-0.2, -0.15) is 0 Å². The zero-order valence-electron chi connectivity index (χ0n) is 10.5. The first kappa shape index (κ1) is 12.8. The van der Waals surface area contributed by atoms with Crippen LogP contribution in [0.5, 0.6) is 0 Å². The monoisotopic (exact) mass is 289 g/mol. The van der Waals surface area contributed by atoms with Crippen molar-refractivity contribution in [3.05, 3.63) is 52.3 Å². The van der Waals surface area contributed by atoms with Crippen LogP contribution in [0.25, 0.3) is 11.1 Å². The highest BCUT2D eigenvalue weighted by Crippen LogP contribution is 2.41. The maximum Gasteiger partial charge on any atom is 0.221 e. The summed E-state index contributed by atoms with van der Waals surface area (Å²) in [7, 11) is 0. The van der Waals surface area contributed by atoms with Gasteiger partial charge in [-0.05, 0) is 35.4 Å². The Morgan fingerprint density at radius 3 is 2.50 bits per heavy atom. The molecule has 0 bridgehead atoms. The van der Waals surface area contributed by atoms with Gasteiger partial charge < -0.3 is 5.32 Å². The summed E-state index contributed by atoms with van der Waals surface area (Å²) in [4.78, 5) is 23.4. The van der Waals surface area contributed by atoms with E-state index in [0.717, 1.165) is 0 Å². The van der Waals surface area contributed by atoms with Gasteiger partial charge in [-0.15, -0.1) is 0 Å². The van der Waals surface area contributed by atoms with Crippen molar-refractivity contribution in [3.63, 3.8) is 0 Å². The van der Waals surface area contributed by atoms with Crippen molar-refractivity contribution in [2.75, 3.05) is 5.32 Å². The van der Waals surface area contributed by atoms with Crippen LogP contribution in [-0.4, -0.2) is 11.7 Å².